The summed E-state index contributed by atoms with van der Waals surface area (Å²) in [5.74, 6) is -0.683. The van der Waals surface area contributed by atoms with Crippen molar-refractivity contribution in [2.75, 3.05) is 34.2 Å². The lowest BCUT2D eigenvalue weighted by atomic mass is 9.91. The Morgan fingerprint density at radius 1 is 0.898 bits per heavy atom. The van der Waals surface area contributed by atoms with Crippen molar-refractivity contribution in [3.63, 3.8) is 0 Å². The third-order valence-corrected chi connectivity index (χ3v) is 9.33. The molecule has 2 aliphatic rings. The summed E-state index contributed by atoms with van der Waals surface area (Å²) in [6.07, 6.45) is 7.02. The molecule has 49 heavy (non-hydrogen) atoms. The summed E-state index contributed by atoms with van der Waals surface area (Å²) in [4.78, 5) is 34.9. The molecular weight excluding hydrogens is 621 g/mol. The van der Waals surface area contributed by atoms with Gasteiger partial charge in [-0.15, -0.1) is 0 Å². The first kappa shape index (κ1) is 34.3. The molecule has 2 aromatic heterocycles. The number of nitrogens with zero attached hydrogens (tertiary/aromatic N) is 5. The van der Waals surface area contributed by atoms with E-state index in [9.17, 15) is 14.0 Å². The summed E-state index contributed by atoms with van der Waals surface area (Å²) in [7, 11) is 6.28. The van der Waals surface area contributed by atoms with E-state index in [-0.39, 0.29) is 29.4 Å². The number of aryl methyl sites for hydroxylation is 2. The van der Waals surface area contributed by atoms with E-state index in [1.54, 1.807) is 6.07 Å². The van der Waals surface area contributed by atoms with E-state index >= 15 is 0 Å². The average Bonchev–Trinajstić information content (AvgIpc) is 3.54. The van der Waals surface area contributed by atoms with Gasteiger partial charge in [0.05, 0.1) is 6.20 Å². The normalized spacial score (nSPS) is 17.5. The fourth-order valence-corrected chi connectivity index (χ4v) is 6.52. The molecule has 0 bridgehead atoms. The van der Waals surface area contributed by atoms with Gasteiger partial charge < -0.3 is 25.2 Å². The molecule has 4 aromatic rings. The second kappa shape index (κ2) is 15.7. The van der Waals surface area contributed by atoms with E-state index in [0.717, 1.165) is 87.4 Å². The van der Waals surface area contributed by atoms with Crippen LogP contribution in [0.5, 0.6) is 11.6 Å². The number of carbonyl (C=O) groups excluding carboxylic acids is 2. The number of aromatic nitrogens is 3. The van der Waals surface area contributed by atoms with Crippen LogP contribution in [0.15, 0.2) is 66.9 Å². The SMILES string of the molecule is CN(C)CCN(C)Cc1ccc(-c2cccc(Oc3ncc(F)cc3C(=O)NC3CCC(NC(=O)c4cc5n(n4)CCCC5)CC3)c2)cc1. The number of carbonyl (C=O) groups is 2. The number of amides is 2. The number of benzene rings is 2. The summed E-state index contributed by atoms with van der Waals surface area (Å²) < 4.78 is 22.4. The van der Waals surface area contributed by atoms with Crippen molar-refractivity contribution in [3.05, 3.63) is 95.2 Å². The van der Waals surface area contributed by atoms with E-state index in [0.29, 0.717) is 24.3 Å². The molecule has 10 nitrogen and oxygen atoms in total. The third-order valence-electron chi connectivity index (χ3n) is 9.33. The first-order chi connectivity index (χ1) is 23.7. The summed E-state index contributed by atoms with van der Waals surface area (Å²) in [6.45, 7) is 3.72. The molecule has 2 N–H and O–H groups in total. The summed E-state index contributed by atoms with van der Waals surface area (Å²) in [5.41, 5.74) is 4.84. The summed E-state index contributed by atoms with van der Waals surface area (Å²) >= 11 is 0. The zero-order valence-corrected chi connectivity index (χ0v) is 28.6. The van der Waals surface area contributed by atoms with Crippen molar-refractivity contribution in [2.45, 2.75) is 70.1 Å². The van der Waals surface area contributed by atoms with E-state index in [1.165, 1.54) is 5.56 Å². The van der Waals surface area contributed by atoms with Crippen molar-refractivity contribution in [1.82, 2.24) is 35.2 Å². The molecule has 0 atom stereocenters. The van der Waals surface area contributed by atoms with Crippen LogP contribution in [0.1, 0.15) is 70.6 Å². The highest BCUT2D eigenvalue weighted by molar-refractivity contribution is 5.96. The van der Waals surface area contributed by atoms with E-state index < -0.39 is 11.7 Å². The maximum Gasteiger partial charge on any atom is 0.272 e. The second-order valence-corrected chi connectivity index (χ2v) is 13.6. The molecule has 2 amide bonds. The number of pyridine rings is 1. The van der Waals surface area contributed by atoms with Gasteiger partial charge in [-0.2, -0.15) is 5.10 Å². The molecule has 0 saturated heterocycles. The van der Waals surface area contributed by atoms with Crippen LogP contribution < -0.4 is 15.4 Å². The number of hydrogen-bond donors (Lipinski definition) is 2. The van der Waals surface area contributed by atoms with Gasteiger partial charge in [0.25, 0.3) is 11.8 Å². The van der Waals surface area contributed by atoms with Crippen LogP contribution in [0.4, 0.5) is 4.39 Å². The van der Waals surface area contributed by atoms with Gasteiger partial charge in [-0.25, -0.2) is 9.37 Å². The molecule has 3 heterocycles. The molecular formula is C38H46FN7O3. The number of likely N-dealkylation sites (N-methyl/N-ethyl adjacent to an activating group) is 2. The Kier molecular flexibility index (Phi) is 11.0. The molecule has 0 unspecified atom stereocenters. The minimum absolute atomic E-state index is 0.00649. The Balaban J connectivity index is 1.04. The number of halogens is 1. The van der Waals surface area contributed by atoms with E-state index in [1.807, 2.05) is 28.9 Å². The summed E-state index contributed by atoms with van der Waals surface area (Å²) in [6, 6.07) is 19.0. The number of fused-ring (bicyclic) bond motifs is 1. The van der Waals surface area contributed by atoms with Crippen molar-refractivity contribution in [3.8, 4) is 22.8 Å². The van der Waals surface area contributed by atoms with Gasteiger partial charge in [0.1, 0.15) is 22.8 Å². The fraction of sp³-hybridized carbons (Fsp3) is 0.421. The molecule has 1 aliphatic carbocycles. The highest BCUT2D eigenvalue weighted by Gasteiger charge is 2.27. The molecule has 1 saturated carbocycles. The second-order valence-electron chi connectivity index (χ2n) is 13.6. The maximum atomic E-state index is 14.3. The van der Waals surface area contributed by atoms with Crippen molar-refractivity contribution in [2.24, 2.45) is 0 Å². The van der Waals surface area contributed by atoms with E-state index in [2.05, 4.69) is 75.9 Å². The fourth-order valence-electron chi connectivity index (χ4n) is 6.52. The van der Waals surface area contributed by atoms with Crippen LogP contribution >= 0.6 is 0 Å². The Morgan fingerprint density at radius 2 is 1.63 bits per heavy atom. The lowest BCUT2D eigenvalue weighted by Gasteiger charge is -2.29. The Labute approximate surface area is 287 Å². The van der Waals surface area contributed by atoms with E-state index in [4.69, 9.17) is 4.74 Å². The standard InChI is InChI=1S/C38H46FN7O3/c1-44(2)19-20-45(3)25-26-10-12-27(13-11-26)28-7-6-9-33(21-28)49-38-34(22-29(39)24-40-38)36(47)41-30-14-16-31(17-15-30)42-37(48)35-23-32-8-4-5-18-46(32)43-35/h6-7,9-13,21-24,30-31H,4-5,8,14-20,25H2,1-3H3,(H,41,47)(H,42,48). The van der Waals surface area contributed by atoms with Gasteiger partial charge in [-0.05, 0) is 107 Å². The number of nitrogens with one attached hydrogen (secondary N) is 2. The molecule has 11 heteroatoms. The van der Waals surface area contributed by atoms with Crippen LogP contribution in [0.3, 0.4) is 0 Å². The van der Waals surface area contributed by atoms with Crippen molar-refractivity contribution in [1.29, 1.82) is 0 Å². The lowest BCUT2D eigenvalue weighted by Crippen LogP contribution is -2.44. The van der Waals surface area contributed by atoms with Gasteiger partial charge in [-0.1, -0.05) is 36.4 Å². The predicted octanol–water partition coefficient (Wildman–Crippen LogP) is 5.68. The van der Waals surface area contributed by atoms with Crippen LogP contribution in [-0.4, -0.2) is 82.7 Å². The van der Waals surface area contributed by atoms with Gasteiger partial charge >= 0.3 is 0 Å². The number of ether oxygens (including phenoxy) is 1. The first-order valence-corrected chi connectivity index (χ1v) is 17.2. The van der Waals surface area contributed by atoms with Gasteiger partial charge in [-0.3, -0.25) is 14.3 Å². The smallest absolute Gasteiger partial charge is 0.272 e. The van der Waals surface area contributed by atoms with Crippen LogP contribution in [0, 0.1) is 5.82 Å². The monoisotopic (exact) mass is 667 g/mol. The third kappa shape index (κ3) is 9.10. The highest BCUT2D eigenvalue weighted by atomic mass is 19.1. The Morgan fingerprint density at radius 3 is 2.35 bits per heavy atom. The zero-order chi connectivity index (χ0) is 34.3. The molecule has 1 fully saturated rings. The van der Waals surface area contributed by atoms with Crippen molar-refractivity contribution < 1.29 is 18.7 Å². The number of hydrogen-bond acceptors (Lipinski definition) is 7. The largest absolute Gasteiger partial charge is 0.438 e. The Hall–Kier alpha value is -4.61. The summed E-state index contributed by atoms with van der Waals surface area (Å²) in [5, 5.41) is 10.6. The first-order valence-electron chi connectivity index (χ1n) is 17.2. The Bertz CT molecular complexity index is 1720. The van der Waals surface area contributed by atoms with Crippen LogP contribution in [0.2, 0.25) is 0 Å². The number of rotatable bonds is 12. The zero-order valence-electron chi connectivity index (χ0n) is 28.6. The molecule has 0 radical (unpaired) electrons. The topological polar surface area (TPSA) is 105 Å². The van der Waals surface area contributed by atoms with Gasteiger partial charge in [0.2, 0.25) is 5.88 Å². The van der Waals surface area contributed by atoms with Gasteiger partial charge in [0, 0.05) is 44.0 Å². The molecule has 1 aliphatic heterocycles. The van der Waals surface area contributed by atoms with Crippen LogP contribution in [-0.2, 0) is 19.5 Å². The van der Waals surface area contributed by atoms with Gasteiger partial charge in [0.15, 0.2) is 0 Å². The maximum absolute atomic E-state index is 14.3. The molecule has 6 rings (SSSR count). The van der Waals surface area contributed by atoms with Crippen LogP contribution in [0.25, 0.3) is 11.1 Å². The minimum atomic E-state index is -0.619. The molecule has 2 aromatic carbocycles. The molecule has 258 valence electrons. The predicted molar refractivity (Wildman–Crippen MR) is 187 cm³/mol. The van der Waals surface area contributed by atoms with Crippen molar-refractivity contribution >= 4 is 11.8 Å². The highest BCUT2D eigenvalue weighted by Crippen LogP contribution is 2.29. The lowest BCUT2D eigenvalue weighted by molar-refractivity contribution is 0.0887. The minimum Gasteiger partial charge on any atom is -0.438 e. The average molecular weight is 668 g/mol. The molecule has 0 spiro atoms. The quantitative estimate of drug-likeness (QED) is 0.201.